The number of hydrogen-bond acceptors (Lipinski definition) is 0. The summed E-state index contributed by atoms with van der Waals surface area (Å²) in [4.78, 5) is 0. The van der Waals surface area contributed by atoms with Gasteiger partial charge in [0.25, 0.3) is 0 Å². The molecule has 0 spiro atoms. The predicted octanol–water partition coefficient (Wildman–Crippen LogP) is 5.82. The summed E-state index contributed by atoms with van der Waals surface area (Å²) in [6.07, 6.45) is 10.4. The molecule has 16 heavy (non-hydrogen) atoms. The topological polar surface area (TPSA) is 0 Å². The van der Waals surface area contributed by atoms with Gasteiger partial charge in [0.05, 0.1) is 1.43 Å². The van der Waals surface area contributed by atoms with E-state index in [1.54, 1.807) is 0 Å². The molecular weight excluding hydrogens is 422 g/mol. The fourth-order valence-electron chi connectivity index (χ4n) is 3.66. The zero-order valence-electron chi connectivity index (χ0n) is 10.5. The lowest BCUT2D eigenvalue weighted by Gasteiger charge is -2.44. The van der Waals surface area contributed by atoms with E-state index in [4.69, 9.17) is 0 Å². The van der Waals surface area contributed by atoms with Crippen LogP contribution in [0.2, 0.25) is 0 Å². The molecule has 0 heterocycles. The fraction of sp³-hybridized carbons (Fsp3) is 1.00. The lowest BCUT2D eigenvalue weighted by atomic mass is 9.69. The summed E-state index contributed by atoms with van der Waals surface area (Å²) in [5.41, 5.74) is 0. The zero-order chi connectivity index (χ0) is 11.8. The van der Waals surface area contributed by atoms with Crippen LogP contribution in [0.1, 0.15) is 58.8 Å². The molecule has 2 heteroatoms. The molecule has 0 amide bonds. The summed E-state index contributed by atoms with van der Waals surface area (Å²) < 4.78 is 0.554. The molecule has 2 unspecified atom stereocenters. The Morgan fingerprint density at radius 3 is 1.94 bits per heavy atom. The van der Waals surface area contributed by atoms with Crippen molar-refractivity contribution >= 4 is 45.2 Å². The van der Waals surface area contributed by atoms with Gasteiger partial charge in [0.15, 0.2) is 0 Å². The van der Waals surface area contributed by atoms with Crippen molar-refractivity contribution in [3.63, 3.8) is 0 Å². The summed E-state index contributed by atoms with van der Waals surface area (Å²) in [5.74, 6) is 3.99. The van der Waals surface area contributed by atoms with Gasteiger partial charge in [-0.1, -0.05) is 78.3 Å². The van der Waals surface area contributed by atoms with E-state index in [-0.39, 0.29) is 0 Å². The zero-order valence-corrected chi connectivity index (χ0v) is 14.8. The van der Waals surface area contributed by atoms with E-state index in [9.17, 15) is 0 Å². The third-order valence-corrected chi connectivity index (χ3v) is 7.24. The first-order chi connectivity index (χ1) is 7.49. The summed E-state index contributed by atoms with van der Waals surface area (Å²) in [6.45, 7) is 4.87. The number of alkyl halides is 2. The van der Waals surface area contributed by atoms with Crippen LogP contribution in [0.3, 0.4) is 0 Å². The van der Waals surface area contributed by atoms with E-state index in [0.717, 1.165) is 23.7 Å². The lowest BCUT2D eigenvalue weighted by molar-refractivity contribution is 0.161. The fourth-order valence-corrected chi connectivity index (χ4v) is 6.81. The van der Waals surface area contributed by atoms with Crippen molar-refractivity contribution in [2.75, 3.05) is 0 Å². The Kier molecular flexibility index (Phi) is 4.88. The first kappa shape index (κ1) is 13.9. The highest BCUT2D eigenvalue weighted by atomic mass is 127. The van der Waals surface area contributed by atoms with Crippen molar-refractivity contribution < 1.29 is 0 Å². The quantitative estimate of drug-likeness (QED) is 0.352. The molecule has 0 aromatic carbocycles. The third-order valence-electron chi connectivity index (χ3n) is 4.76. The lowest BCUT2D eigenvalue weighted by Crippen LogP contribution is -2.38. The Morgan fingerprint density at radius 2 is 1.38 bits per heavy atom. The smallest absolute Gasteiger partial charge is 0.0669 e. The van der Waals surface area contributed by atoms with Crippen LogP contribution in [0.5, 0.6) is 0 Å². The minimum atomic E-state index is 0.554. The normalized spacial score (nSPS) is 44.2. The monoisotopic (exact) mass is 446 g/mol. The van der Waals surface area contributed by atoms with Gasteiger partial charge in [0, 0.05) is 0 Å². The van der Waals surface area contributed by atoms with Crippen molar-refractivity contribution in [2.45, 2.75) is 60.2 Å². The molecule has 0 aromatic heterocycles. The Morgan fingerprint density at radius 1 is 0.812 bits per heavy atom. The summed E-state index contributed by atoms with van der Waals surface area (Å²) in [5, 5.41) is 0. The number of hydrogen-bond donors (Lipinski definition) is 0. The molecule has 0 N–H and O–H groups in total. The van der Waals surface area contributed by atoms with Gasteiger partial charge in [-0.3, -0.25) is 0 Å². The average molecular weight is 446 g/mol. The van der Waals surface area contributed by atoms with Crippen LogP contribution in [-0.2, 0) is 0 Å². The van der Waals surface area contributed by atoms with Gasteiger partial charge in [-0.25, -0.2) is 0 Å². The van der Waals surface area contributed by atoms with E-state index < -0.39 is 0 Å². The van der Waals surface area contributed by atoms with Gasteiger partial charge in [-0.15, -0.1) is 0 Å². The molecule has 94 valence electrons. The molecular formula is C14H24I2. The van der Waals surface area contributed by atoms with E-state index in [0.29, 0.717) is 1.43 Å². The van der Waals surface area contributed by atoms with Crippen LogP contribution in [0.4, 0.5) is 0 Å². The Hall–Kier alpha value is 1.46. The highest BCUT2D eigenvalue weighted by molar-refractivity contribution is 14.2. The molecule has 0 aromatic rings. The Labute approximate surface area is 128 Å². The highest BCUT2D eigenvalue weighted by Gasteiger charge is 2.43. The first-order valence-electron chi connectivity index (χ1n) is 6.87. The number of halogens is 2. The standard InChI is InChI=1S/C14H24I2/c1-10-3-6-12(7-4-10)13-8-5-11(2)9-14(13,15)16/h10-13H,3-9H2,1-2H3. The second-order valence-electron chi connectivity index (χ2n) is 6.27. The molecule has 2 aliphatic carbocycles. The minimum Gasteiger partial charge on any atom is -0.0669 e. The van der Waals surface area contributed by atoms with Gasteiger partial charge in [0.1, 0.15) is 0 Å². The maximum absolute atomic E-state index is 2.76. The van der Waals surface area contributed by atoms with Gasteiger partial charge in [0.2, 0.25) is 0 Å². The second kappa shape index (κ2) is 5.62. The maximum Gasteiger partial charge on any atom is 0.0767 e. The van der Waals surface area contributed by atoms with E-state index >= 15 is 0 Å². The molecule has 2 atom stereocenters. The predicted molar refractivity (Wildman–Crippen MR) is 88.4 cm³/mol. The van der Waals surface area contributed by atoms with Crippen LogP contribution in [0.15, 0.2) is 0 Å². The molecule has 2 fully saturated rings. The highest BCUT2D eigenvalue weighted by Crippen LogP contribution is 2.54. The van der Waals surface area contributed by atoms with Crippen LogP contribution >= 0.6 is 45.2 Å². The van der Waals surface area contributed by atoms with Crippen molar-refractivity contribution in [2.24, 2.45) is 23.7 Å². The van der Waals surface area contributed by atoms with Crippen molar-refractivity contribution in [3.8, 4) is 0 Å². The van der Waals surface area contributed by atoms with Gasteiger partial charge in [-0.05, 0) is 49.4 Å². The molecule has 2 saturated carbocycles. The number of rotatable bonds is 1. The second-order valence-corrected chi connectivity index (χ2v) is 12.2. The molecule has 0 saturated heterocycles. The maximum atomic E-state index is 2.76. The van der Waals surface area contributed by atoms with Crippen LogP contribution < -0.4 is 0 Å². The Balaban J connectivity index is 1.98. The van der Waals surface area contributed by atoms with Gasteiger partial charge >= 0.3 is 0 Å². The van der Waals surface area contributed by atoms with E-state index in [2.05, 4.69) is 59.0 Å². The SMILES string of the molecule is CC1CCC(C2CCC(C)CC2(I)I)CC1. The summed E-state index contributed by atoms with van der Waals surface area (Å²) >= 11 is 5.52. The Bertz CT molecular complexity index is 229. The van der Waals surface area contributed by atoms with Crippen LogP contribution in [0.25, 0.3) is 0 Å². The molecule has 2 rings (SSSR count). The molecule has 2 aliphatic rings. The van der Waals surface area contributed by atoms with Gasteiger partial charge < -0.3 is 0 Å². The molecule has 0 bridgehead atoms. The first-order valence-corrected chi connectivity index (χ1v) is 9.02. The van der Waals surface area contributed by atoms with Crippen molar-refractivity contribution in [1.82, 2.24) is 0 Å². The van der Waals surface area contributed by atoms with Crippen molar-refractivity contribution in [1.29, 1.82) is 0 Å². The molecule has 0 radical (unpaired) electrons. The summed E-state index contributed by atoms with van der Waals surface area (Å²) in [7, 11) is 0. The van der Waals surface area contributed by atoms with Crippen LogP contribution in [0, 0.1) is 23.7 Å². The largest absolute Gasteiger partial charge is 0.0767 e. The van der Waals surface area contributed by atoms with E-state index in [1.807, 2.05) is 0 Å². The third kappa shape index (κ3) is 3.27. The minimum absolute atomic E-state index is 0.554. The van der Waals surface area contributed by atoms with Crippen molar-refractivity contribution in [3.05, 3.63) is 0 Å². The van der Waals surface area contributed by atoms with Gasteiger partial charge in [-0.2, -0.15) is 0 Å². The molecule has 0 aliphatic heterocycles. The summed E-state index contributed by atoms with van der Waals surface area (Å²) in [6, 6.07) is 0. The van der Waals surface area contributed by atoms with E-state index in [1.165, 1.54) is 44.9 Å². The molecule has 0 nitrogen and oxygen atoms in total. The average Bonchev–Trinajstić information content (AvgIpc) is 2.18. The van der Waals surface area contributed by atoms with Crippen LogP contribution in [-0.4, -0.2) is 1.43 Å².